The smallest absolute Gasteiger partial charge is 0.0780 e. The number of hydrogen-bond donors (Lipinski definition) is 0. The number of aromatic nitrogens is 2. The molecule has 5 aromatic carbocycles. The average molecular weight is 610 g/mol. The first-order valence-electron chi connectivity index (χ1n) is 12.9. The van der Waals surface area contributed by atoms with Gasteiger partial charge in [0.2, 0.25) is 0 Å². The third kappa shape index (κ3) is 4.70. The largest absolute Gasteiger partial charge is 0.256 e. The van der Waals surface area contributed by atoms with Gasteiger partial charge in [-0.3, -0.25) is 9.97 Å². The summed E-state index contributed by atoms with van der Waals surface area (Å²) < 4.78 is 1.25. The van der Waals surface area contributed by atoms with E-state index in [2.05, 4.69) is 149 Å². The number of halogens is 1. The van der Waals surface area contributed by atoms with E-state index in [9.17, 15) is 0 Å². The molecule has 0 saturated heterocycles. The third-order valence-corrected chi connectivity index (χ3v) is 7.96. The Morgan fingerprint density at radius 2 is 1.03 bits per heavy atom. The topological polar surface area (TPSA) is 25.8 Å². The summed E-state index contributed by atoms with van der Waals surface area (Å²) in [5, 5.41) is 2.29. The van der Waals surface area contributed by atoms with E-state index >= 15 is 0 Å². The molecular formula is C36H23IN2. The van der Waals surface area contributed by atoms with Crippen molar-refractivity contribution in [3.05, 3.63) is 143 Å². The Bertz CT molecular complexity index is 1940. The number of fused-ring (bicyclic) bond motifs is 2. The quantitative estimate of drug-likeness (QED) is 0.185. The molecule has 184 valence electrons. The maximum Gasteiger partial charge on any atom is 0.0780 e. The van der Waals surface area contributed by atoms with E-state index in [1.54, 1.807) is 0 Å². The lowest BCUT2D eigenvalue weighted by atomic mass is 9.97. The van der Waals surface area contributed by atoms with Gasteiger partial charge < -0.3 is 0 Å². The summed E-state index contributed by atoms with van der Waals surface area (Å²) in [7, 11) is 0. The molecule has 0 aliphatic rings. The van der Waals surface area contributed by atoms with Crippen LogP contribution in [0.1, 0.15) is 0 Å². The number of para-hydroxylation sites is 1. The van der Waals surface area contributed by atoms with Crippen LogP contribution >= 0.6 is 22.6 Å². The first-order chi connectivity index (χ1) is 19.2. The van der Waals surface area contributed by atoms with E-state index in [4.69, 9.17) is 4.98 Å². The predicted molar refractivity (Wildman–Crippen MR) is 172 cm³/mol. The molecule has 3 heteroatoms. The Labute approximate surface area is 241 Å². The van der Waals surface area contributed by atoms with Crippen LogP contribution < -0.4 is 0 Å². The highest BCUT2D eigenvalue weighted by molar-refractivity contribution is 14.1. The molecule has 39 heavy (non-hydrogen) atoms. The lowest BCUT2D eigenvalue weighted by Crippen LogP contribution is -1.87. The van der Waals surface area contributed by atoms with Crippen molar-refractivity contribution in [2.45, 2.75) is 0 Å². The standard InChI is InChI=1S/C36H23IN2/c37-33-18-16-25(17-19-33)24-6-8-26(9-7-24)30-14-15-31-21-32(23-39-35(31)22-30)27-10-12-28(13-11-27)34-5-1-3-29-4-2-20-38-36(29)34/h1-23H. The summed E-state index contributed by atoms with van der Waals surface area (Å²) in [6.45, 7) is 0. The Kier molecular flexibility index (Phi) is 6.14. The molecule has 0 radical (unpaired) electrons. The van der Waals surface area contributed by atoms with Gasteiger partial charge in [-0.05, 0) is 86.3 Å². The molecule has 0 atom stereocenters. The van der Waals surface area contributed by atoms with E-state index in [1.165, 1.54) is 25.8 Å². The van der Waals surface area contributed by atoms with Crippen LogP contribution in [-0.4, -0.2) is 9.97 Å². The molecule has 2 aromatic heterocycles. The third-order valence-electron chi connectivity index (χ3n) is 7.24. The van der Waals surface area contributed by atoms with E-state index in [1.807, 2.05) is 18.5 Å². The minimum absolute atomic E-state index is 0.997. The van der Waals surface area contributed by atoms with Crippen molar-refractivity contribution < 1.29 is 0 Å². The van der Waals surface area contributed by atoms with Crippen molar-refractivity contribution in [1.82, 2.24) is 9.97 Å². The lowest BCUT2D eigenvalue weighted by Gasteiger charge is -2.09. The van der Waals surface area contributed by atoms with Crippen LogP contribution in [0.5, 0.6) is 0 Å². The van der Waals surface area contributed by atoms with E-state index in [0.717, 1.165) is 44.1 Å². The van der Waals surface area contributed by atoms with Crippen molar-refractivity contribution in [2.75, 3.05) is 0 Å². The first-order valence-corrected chi connectivity index (χ1v) is 14.0. The SMILES string of the molecule is Ic1ccc(-c2ccc(-c3ccc4cc(-c5ccc(-c6cccc7cccnc67)cc5)cnc4c3)cc2)cc1. The Balaban J connectivity index is 1.15. The van der Waals surface area contributed by atoms with Gasteiger partial charge in [0, 0.05) is 37.9 Å². The second-order valence-corrected chi connectivity index (χ2v) is 10.9. The summed E-state index contributed by atoms with van der Waals surface area (Å²) >= 11 is 2.34. The summed E-state index contributed by atoms with van der Waals surface area (Å²) in [4.78, 5) is 9.44. The van der Waals surface area contributed by atoms with Gasteiger partial charge in [0.1, 0.15) is 0 Å². The molecule has 0 unspecified atom stereocenters. The van der Waals surface area contributed by atoms with Crippen molar-refractivity contribution in [1.29, 1.82) is 0 Å². The second kappa shape index (κ2) is 10.1. The number of rotatable bonds is 4. The Hall–Kier alpha value is -4.35. The monoisotopic (exact) mass is 610 g/mol. The molecule has 0 amide bonds. The van der Waals surface area contributed by atoms with E-state index in [0.29, 0.717) is 0 Å². The van der Waals surface area contributed by atoms with Crippen LogP contribution in [0, 0.1) is 3.57 Å². The maximum atomic E-state index is 4.83. The van der Waals surface area contributed by atoms with Crippen LogP contribution in [0.15, 0.2) is 140 Å². The fourth-order valence-corrected chi connectivity index (χ4v) is 5.50. The molecule has 0 saturated carbocycles. The van der Waals surface area contributed by atoms with Gasteiger partial charge in [0.15, 0.2) is 0 Å². The predicted octanol–water partition coefficient (Wildman–Crippen LogP) is 10.1. The van der Waals surface area contributed by atoms with Crippen molar-refractivity contribution in [2.24, 2.45) is 0 Å². The van der Waals surface area contributed by atoms with Gasteiger partial charge in [-0.1, -0.05) is 97.1 Å². The average Bonchev–Trinajstić information content (AvgIpc) is 3.01. The molecule has 0 N–H and O–H groups in total. The van der Waals surface area contributed by atoms with E-state index in [-0.39, 0.29) is 0 Å². The summed E-state index contributed by atoms with van der Waals surface area (Å²) in [6.07, 6.45) is 3.83. The van der Waals surface area contributed by atoms with Gasteiger partial charge >= 0.3 is 0 Å². The van der Waals surface area contributed by atoms with Crippen molar-refractivity contribution in [3.63, 3.8) is 0 Å². The zero-order valence-corrected chi connectivity index (χ0v) is 23.2. The van der Waals surface area contributed by atoms with Crippen LogP contribution in [0.3, 0.4) is 0 Å². The zero-order chi connectivity index (χ0) is 26.2. The lowest BCUT2D eigenvalue weighted by molar-refractivity contribution is 1.40. The minimum atomic E-state index is 0.997. The number of nitrogens with zero attached hydrogens (tertiary/aromatic N) is 2. The number of benzene rings is 5. The highest BCUT2D eigenvalue weighted by Gasteiger charge is 2.08. The normalized spacial score (nSPS) is 11.2. The highest BCUT2D eigenvalue weighted by Crippen LogP contribution is 2.32. The molecule has 7 rings (SSSR count). The second-order valence-electron chi connectivity index (χ2n) is 9.67. The number of hydrogen-bond acceptors (Lipinski definition) is 2. The van der Waals surface area contributed by atoms with E-state index < -0.39 is 0 Å². The molecule has 0 bridgehead atoms. The fourth-order valence-electron chi connectivity index (χ4n) is 5.14. The van der Waals surface area contributed by atoms with Crippen molar-refractivity contribution in [3.8, 4) is 44.5 Å². The van der Waals surface area contributed by atoms with Gasteiger partial charge in [-0.25, -0.2) is 0 Å². The van der Waals surface area contributed by atoms with Crippen molar-refractivity contribution >= 4 is 44.4 Å². The number of pyridine rings is 2. The molecule has 0 aliphatic heterocycles. The zero-order valence-electron chi connectivity index (χ0n) is 21.1. The molecule has 7 aromatic rings. The van der Waals surface area contributed by atoms with Crippen LogP contribution in [0.25, 0.3) is 66.3 Å². The van der Waals surface area contributed by atoms with Gasteiger partial charge in [0.05, 0.1) is 11.0 Å². The summed E-state index contributed by atoms with van der Waals surface area (Å²) in [5.41, 5.74) is 11.4. The summed E-state index contributed by atoms with van der Waals surface area (Å²) in [6, 6.07) is 45.2. The molecule has 0 fully saturated rings. The van der Waals surface area contributed by atoms with Gasteiger partial charge in [0.25, 0.3) is 0 Å². The Morgan fingerprint density at radius 3 is 1.77 bits per heavy atom. The highest BCUT2D eigenvalue weighted by atomic mass is 127. The Morgan fingerprint density at radius 1 is 0.436 bits per heavy atom. The van der Waals surface area contributed by atoms with Gasteiger partial charge in [-0.15, -0.1) is 0 Å². The van der Waals surface area contributed by atoms with Crippen LogP contribution in [0.4, 0.5) is 0 Å². The summed E-state index contributed by atoms with van der Waals surface area (Å²) in [5.74, 6) is 0. The molecule has 2 nitrogen and oxygen atoms in total. The maximum absolute atomic E-state index is 4.83. The van der Waals surface area contributed by atoms with Gasteiger partial charge in [-0.2, -0.15) is 0 Å². The molecule has 0 spiro atoms. The molecule has 0 aliphatic carbocycles. The fraction of sp³-hybridized carbons (Fsp3) is 0. The molecule has 2 heterocycles. The van der Waals surface area contributed by atoms with Crippen LogP contribution in [0.2, 0.25) is 0 Å². The first kappa shape index (κ1) is 23.7. The minimum Gasteiger partial charge on any atom is -0.256 e. The van der Waals surface area contributed by atoms with Crippen LogP contribution in [-0.2, 0) is 0 Å². The molecular weight excluding hydrogens is 587 g/mol.